The minimum atomic E-state index is -0.305. The van der Waals surface area contributed by atoms with Crippen LogP contribution in [0.4, 0.5) is 0 Å². The van der Waals surface area contributed by atoms with Crippen LogP contribution in [0, 0.1) is 6.92 Å². The highest BCUT2D eigenvalue weighted by Gasteiger charge is 2.21. The van der Waals surface area contributed by atoms with Gasteiger partial charge in [0, 0.05) is 13.1 Å². The summed E-state index contributed by atoms with van der Waals surface area (Å²) in [5.41, 5.74) is 6.40. The molecule has 0 aliphatic carbocycles. The van der Waals surface area contributed by atoms with Gasteiger partial charge in [-0.3, -0.25) is 9.69 Å². The molecule has 0 unspecified atom stereocenters. The molecule has 2 rings (SSSR count). The van der Waals surface area contributed by atoms with E-state index < -0.39 is 0 Å². The third-order valence-corrected chi connectivity index (χ3v) is 3.06. The predicted molar refractivity (Wildman–Crippen MR) is 72.0 cm³/mol. The molecule has 0 bridgehead atoms. The molecule has 2 N–H and O–H groups in total. The number of amides is 1. The van der Waals surface area contributed by atoms with Gasteiger partial charge in [0.15, 0.2) is 0 Å². The maximum atomic E-state index is 10.9. The summed E-state index contributed by atoms with van der Waals surface area (Å²) in [6, 6.07) is 7.91. The number of carbonyl (C=O) groups is 1. The van der Waals surface area contributed by atoms with Crippen molar-refractivity contribution in [1.82, 2.24) is 4.90 Å². The molecule has 1 heterocycles. The Kier molecular flexibility index (Phi) is 4.76. The molecule has 0 saturated carbocycles. The monoisotopic (exact) mass is 264 g/mol. The summed E-state index contributed by atoms with van der Waals surface area (Å²) in [6.45, 7) is 4.83. The van der Waals surface area contributed by atoms with Crippen LogP contribution in [0.2, 0.25) is 0 Å². The van der Waals surface area contributed by atoms with Gasteiger partial charge in [-0.2, -0.15) is 0 Å². The fourth-order valence-corrected chi connectivity index (χ4v) is 2.07. The van der Waals surface area contributed by atoms with E-state index in [2.05, 4.69) is 0 Å². The van der Waals surface area contributed by atoms with Crippen LogP contribution in [0.1, 0.15) is 5.56 Å². The summed E-state index contributed by atoms with van der Waals surface area (Å²) in [6.07, 6.45) is -0.0191. The van der Waals surface area contributed by atoms with Crippen molar-refractivity contribution in [2.45, 2.75) is 13.0 Å². The molecule has 1 amide bonds. The van der Waals surface area contributed by atoms with E-state index in [1.165, 1.54) is 5.56 Å². The number of rotatable bonds is 5. The summed E-state index contributed by atoms with van der Waals surface area (Å²) < 4.78 is 11.3. The maximum Gasteiger partial charge on any atom is 0.231 e. The smallest absolute Gasteiger partial charge is 0.231 e. The van der Waals surface area contributed by atoms with Crippen LogP contribution in [-0.4, -0.2) is 49.8 Å². The second kappa shape index (κ2) is 6.54. The van der Waals surface area contributed by atoms with Crippen molar-refractivity contribution in [2.75, 3.05) is 32.8 Å². The molecule has 19 heavy (non-hydrogen) atoms. The maximum absolute atomic E-state index is 10.9. The standard InChI is InChI=1S/C14H20N2O3/c1-11-2-4-12(5-3-11)19-10-13-8-16(6-7-18-13)9-14(15)17/h2-5,13H,6-10H2,1H3,(H2,15,17)/t13-/m0/s1. The first-order valence-corrected chi connectivity index (χ1v) is 6.45. The lowest BCUT2D eigenvalue weighted by molar-refractivity contribution is -0.121. The number of carbonyl (C=O) groups excluding carboxylic acids is 1. The molecule has 104 valence electrons. The lowest BCUT2D eigenvalue weighted by Gasteiger charge is -2.31. The molecule has 0 radical (unpaired) electrons. The van der Waals surface area contributed by atoms with Gasteiger partial charge < -0.3 is 15.2 Å². The van der Waals surface area contributed by atoms with Crippen molar-refractivity contribution >= 4 is 5.91 Å². The topological polar surface area (TPSA) is 64.8 Å². The normalized spacial score (nSPS) is 20.2. The van der Waals surface area contributed by atoms with E-state index in [4.69, 9.17) is 15.2 Å². The highest BCUT2D eigenvalue weighted by Crippen LogP contribution is 2.13. The Hall–Kier alpha value is -1.59. The number of nitrogens with zero attached hydrogens (tertiary/aromatic N) is 1. The molecule has 1 fully saturated rings. The van der Waals surface area contributed by atoms with E-state index in [9.17, 15) is 4.79 Å². The average Bonchev–Trinajstić information content (AvgIpc) is 2.38. The molecule has 1 aromatic carbocycles. The molecule has 0 spiro atoms. The van der Waals surface area contributed by atoms with E-state index in [1.807, 2.05) is 36.1 Å². The molecule has 1 atom stereocenters. The first-order valence-electron chi connectivity index (χ1n) is 6.45. The molecule has 1 aliphatic rings. The Morgan fingerprint density at radius 1 is 1.47 bits per heavy atom. The van der Waals surface area contributed by atoms with E-state index >= 15 is 0 Å². The fourth-order valence-electron chi connectivity index (χ4n) is 2.07. The quantitative estimate of drug-likeness (QED) is 0.844. The summed E-state index contributed by atoms with van der Waals surface area (Å²) in [5.74, 6) is 0.529. The number of benzene rings is 1. The van der Waals surface area contributed by atoms with E-state index in [-0.39, 0.29) is 18.6 Å². The fraction of sp³-hybridized carbons (Fsp3) is 0.500. The first kappa shape index (κ1) is 13.8. The van der Waals surface area contributed by atoms with Crippen LogP contribution in [0.15, 0.2) is 24.3 Å². The van der Waals surface area contributed by atoms with E-state index in [0.717, 1.165) is 12.3 Å². The SMILES string of the molecule is Cc1ccc(OC[C@@H]2CN(CC(N)=O)CCO2)cc1. The van der Waals surface area contributed by atoms with Crippen LogP contribution in [0.5, 0.6) is 5.75 Å². The number of hydrogen-bond donors (Lipinski definition) is 1. The van der Waals surface area contributed by atoms with Crippen LogP contribution in [0.3, 0.4) is 0 Å². The molecular weight excluding hydrogens is 244 g/mol. The number of nitrogens with two attached hydrogens (primary N) is 1. The average molecular weight is 264 g/mol. The number of aryl methyl sites for hydroxylation is 1. The van der Waals surface area contributed by atoms with Crippen molar-refractivity contribution in [2.24, 2.45) is 5.73 Å². The summed E-state index contributed by atoms with van der Waals surface area (Å²) in [5, 5.41) is 0. The number of primary amides is 1. The second-order valence-corrected chi connectivity index (χ2v) is 4.82. The van der Waals surface area contributed by atoms with Crippen LogP contribution in [0.25, 0.3) is 0 Å². The molecule has 5 heteroatoms. The molecule has 0 aromatic heterocycles. The number of ether oxygens (including phenoxy) is 2. The largest absolute Gasteiger partial charge is 0.491 e. The van der Waals surface area contributed by atoms with Gasteiger partial charge in [0.25, 0.3) is 0 Å². The highest BCUT2D eigenvalue weighted by molar-refractivity contribution is 5.75. The van der Waals surface area contributed by atoms with Crippen molar-refractivity contribution < 1.29 is 14.3 Å². The number of morpholine rings is 1. The Morgan fingerprint density at radius 2 is 2.21 bits per heavy atom. The molecule has 5 nitrogen and oxygen atoms in total. The minimum absolute atomic E-state index is 0.0191. The Bertz CT molecular complexity index is 419. The zero-order chi connectivity index (χ0) is 13.7. The van der Waals surface area contributed by atoms with Gasteiger partial charge in [0.1, 0.15) is 18.5 Å². The van der Waals surface area contributed by atoms with Gasteiger partial charge in [0.05, 0.1) is 13.2 Å². The zero-order valence-corrected chi connectivity index (χ0v) is 11.2. The second-order valence-electron chi connectivity index (χ2n) is 4.82. The lowest BCUT2D eigenvalue weighted by atomic mass is 10.2. The minimum Gasteiger partial charge on any atom is -0.491 e. The molecule has 1 aliphatic heterocycles. The summed E-state index contributed by atoms with van der Waals surface area (Å²) >= 11 is 0. The van der Waals surface area contributed by atoms with Gasteiger partial charge in [-0.05, 0) is 19.1 Å². The van der Waals surface area contributed by atoms with Crippen LogP contribution in [-0.2, 0) is 9.53 Å². The summed E-state index contributed by atoms with van der Waals surface area (Å²) in [7, 11) is 0. The third-order valence-electron chi connectivity index (χ3n) is 3.06. The van der Waals surface area contributed by atoms with Gasteiger partial charge in [-0.15, -0.1) is 0 Å². The van der Waals surface area contributed by atoms with Gasteiger partial charge in [-0.25, -0.2) is 0 Å². The molecular formula is C14H20N2O3. The Labute approximate surface area is 113 Å². The zero-order valence-electron chi connectivity index (χ0n) is 11.2. The van der Waals surface area contributed by atoms with Crippen LogP contribution < -0.4 is 10.5 Å². The van der Waals surface area contributed by atoms with Gasteiger partial charge in [-0.1, -0.05) is 17.7 Å². The van der Waals surface area contributed by atoms with Gasteiger partial charge >= 0.3 is 0 Å². The predicted octanol–water partition coefficient (Wildman–Crippen LogP) is 0.560. The van der Waals surface area contributed by atoms with E-state index in [0.29, 0.717) is 19.8 Å². The molecule has 1 aromatic rings. The van der Waals surface area contributed by atoms with Crippen molar-refractivity contribution in [1.29, 1.82) is 0 Å². The Balaban J connectivity index is 1.79. The van der Waals surface area contributed by atoms with Gasteiger partial charge in [0.2, 0.25) is 5.91 Å². The van der Waals surface area contributed by atoms with Crippen molar-refractivity contribution in [3.63, 3.8) is 0 Å². The third kappa shape index (κ3) is 4.54. The lowest BCUT2D eigenvalue weighted by Crippen LogP contribution is -2.47. The summed E-state index contributed by atoms with van der Waals surface area (Å²) in [4.78, 5) is 12.9. The van der Waals surface area contributed by atoms with E-state index in [1.54, 1.807) is 0 Å². The van der Waals surface area contributed by atoms with Crippen molar-refractivity contribution in [3.8, 4) is 5.75 Å². The molecule has 1 saturated heterocycles. The van der Waals surface area contributed by atoms with Crippen molar-refractivity contribution in [3.05, 3.63) is 29.8 Å². The first-order chi connectivity index (χ1) is 9.13. The number of hydrogen-bond acceptors (Lipinski definition) is 4. The Morgan fingerprint density at radius 3 is 2.89 bits per heavy atom. The highest BCUT2D eigenvalue weighted by atomic mass is 16.5. The van der Waals surface area contributed by atoms with Crippen LogP contribution >= 0.6 is 0 Å².